The molecule has 66 valence electrons. The largest absolute Gasteiger partial charge is 0.492 e. The van der Waals surface area contributed by atoms with Crippen molar-refractivity contribution in [3.05, 3.63) is 29.3 Å². The summed E-state index contributed by atoms with van der Waals surface area (Å²) in [5, 5.41) is 0. The first-order chi connectivity index (χ1) is 6.31. The third-order valence-electron chi connectivity index (χ3n) is 2.03. The quantitative estimate of drug-likeness (QED) is 0.608. The zero-order valence-corrected chi connectivity index (χ0v) is 6.95. The molecule has 0 fully saturated rings. The average Bonchev–Trinajstić information content (AvgIpc) is 2.18. The molecule has 13 heavy (non-hydrogen) atoms. The van der Waals surface area contributed by atoms with Crippen LogP contribution in [0.4, 0.5) is 0 Å². The number of carbonyl (C=O) groups is 2. The van der Waals surface area contributed by atoms with Crippen LogP contribution in [-0.4, -0.2) is 18.7 Å². The molecule has 0 aromatic heterocycles. The smallest absolute Gasteiger partial charge is 0.170 e. The van der Waals surface area contributed by atoms with Gasteiger partial charge in [0.25, 0.3) is 0 Å². The highest BCUT2D eigenvalue weighted by atomic mass is 16.5. The number of aldehydes is 1. The van der Waals surface area contributed by atoms with E-state index in [4.69, 9.17) is 4.74 Å². The number of benzene rings is 1. The number of carbonyl (C=O) groups excluding carboxylic acids is 2. The molecule has 0 aliphatic carbocycles. The third-order valence-corrected chi connectivity index (χ3v) is 2.03. The van der Waals surface area contributed by atoms with Gasteiger partial charge in [-0.2, -0.15) is 0 Å². The number of Topliss-reactive ketones (excluding diaryl/α,β-unsaturated/α-hetero) is 1. The third kappa shape index (κ3) is 1.33. The van der Waals surface area contributed by atoms with Gasteiger partial charge in [0.15, 0.2) is 5.78 Å². The molecule has 3 heteroatoms. The van der Waals surface area contributed by atoms with E-state index in [1.54, 1.807) is 18.2 Å². The van der Waals surface area contributed by atoms with Crippen LogP contribution in [0.2, 0.25) is 0 Å². The molecule has 1 aromatic carbocycles. The summed E-state index contributed by atoms with van der Waals surface area (Å²) >= 11 is 0. The lowest BCUT2D eigenvalue weighted by Crippen LogP contribution is -2.15. The van der Waals surface area contributed by atoms with Crippen molar-refractivity contribution in [1.29, 1.82) is 0 Å². The Morgan fingerprint density at radius 1 is 1.38 bits per heavy atom. The first-order valence-corrected chi connectivity index (χ1v) is 4.06. The predicted octanol–water partition coefficient (Wildman–Crippen LogP) is 1.46. The van der Waals surface area contributed by atoms with Crippen molar-refractivity contribution in [1.82, 2.24) is 0 Å². The summed E-state index contributed by atoms with van der Waals surface area (Å²) in [7, 11) is 0. The first-order valence-electron chi connectivity index (χ1n) is 4.06. The standard InChI is InChI=1S/C10H8O3/c11-6-7-1-2-10-8(5-7)9(12)3-4-13-10/h1-2,5-6H,3-4H2. The van der Waals surface area contributed by atoms with Gasteiger partial charge in [-0.25, -0.2) is 0 Å². The fraction of sp³-hybridized carbons (Fsp3) is 0.200. The summed E-state index contributed by atoms with van der Waals surface area (Å²) in [6, 6.07) is 4.88. The molecular weight excluding hydrogens is 168 g/mol. The molecule has 0 spiro atoms. The molecule has 0 saturated carbocycles. The number of ether oxygens (including phenoxy) is 1. The maximum atomic E-state index is 11.4. The van der Waals surface area contributed by atoms with Crippen molar-refractivity contribution < 1.29 is 14.3 Å². The Kier molecular flexibility index (Phi) is 1.85. The predicted molar refractivity (Wildman–Crippen MR) is 46.3 cm³/mol. The van der Waals surface area contributed by atoms with Gasteiger partial charge in [-0.3, -0.25) is 9.59 Å². The van der Waals surface area contributed by atoms with E-state index in [9.17, 15) is 9.59 Å². The van der Waals surface area contributed by atoms with Crippen LogP contribution in [0.15, 0.2) is 18.2 Å². The molecule has 1 aliphatic rings. The van der Waals surface area contributed by atoms with E-state index in [1.807, 2.05) is 0 Å². The fourth-order valence-corrected chi connectivity index (χ4v) is 1.35. The second kappa shape index (κ2) is 3.01. The van der Waals surface area contributed by atoms with E-state index < -0.39 is 0 Å². The van der Waals surface area contributed by atoms with Gasteiger partial charge in [0.2, 0.25) is 0 Å². The molecule has 0 radical (unpaired) electrons. The number of hydrogen-bond donors (Lipinski definition) is 0. The van der Waals surface area contributed by atoms with Crippen LogP contribution in [0, 0.1) is 0 Å². The minimum Gasteiger partial charge on any atom is -0.492 e. The van der Waals surface area contributed by atoms with Gasteiger partial charge in [-0.15, -0.1) is 0 Å². The van der Waals surface area contributed by atoms with Crippen LogP contribution in [0.5, 0.6) is 5.75 Å². The number of fused-ring (bicyclic) bond motifs is 1. The van der Waals surface area contributed by atoms with Gasteiger partial charge in [0, 0.05) is 12.0 Å². The van der Waals surface area contributed by atoms with Crippen LogP contribution in [0.3, 0.4) is 0 Å². The first kappa shape index (κ1) is 7.98. The summed E-state index contributed by atoms with van der Waals surface area (Å²) < 4.78 is 5.26. The fourth-order valence-electron chi connectivity index (χ4n) is 1.35. The summed E-state index contributed by atoms with van der Waals surface area (Å²) in [4.78, 5) is 21.8. The van der Waals surface area contributed by atoms with E-state index in [-0.39, 0.29) is 5.78 Å². The number of ketones is 1. The monoisotopic (exact) mass is 176 g/mol. The van der Waals surface area contributed by atoms with Crippen LogP contribution in [0.25, 0.3) is 0 Å². The zero-order valence-electron chi connectivity index (χ0n) is 6.95. The normalized spacial score (nSPS) is 14.6. The van der Waals surface area contributed by atoms with Crippen LogP contribution >= 0.6 is 0 Å². The minimum atomic E-state index is 0.0463. The maximum Gasteiger partial charge on any atom is 0.170 e. The van der Waals surface area contributed by atoms with Gasteiger partial charge in [-0.05, 0) is 18.2 Å². The van der Waals surface area contributed by atoms with Crippen LogP contribution < -0.4 is 4.74 Å². The maximum absolute atomic E-state index is 11.4. The average molecular weight is 176 g/mol. The lowest BCUT2D eigenvalue weighted by Gasteiger charge is -2.15. The van der Waals surface area contributed by atoms with Gasteiger partial charge in [-0.1, -0.05) is 0 Å². The van der Waals surface area contributed by atoms with Crippen LogP contribution in [0.1, 0.15) is 27.1 Å². The molecule has 3 nitrogen and oxygen atoms in total. The van der Waals surface area contributed by atoms with Gasteiger partial charge in [0.05, 0.1) is 12.2 Å². The highest BCUT2D eigenvalue weighted by molar-refractivity contribution is 6.00. The Morgan fingerprint density at radius 2 is 2.23 bits per heavy atom. The van der Waals surface area contributed by atoms with Crippen molar-refractivity contribution in [2.75, 3.05) is 6.61 Å². The van der Waals surface area contributed by atoms with Crippen molar-refractivity contribution >= 4 is 12.1 Å². The van der Waals surface area contributed by atoms with Crippen molar-refractivity contribution in [3.63, 3.8) is 0 Å². The zero-order chi connectivity index (χ0) is 9.26. The number of rotatable bonds is 1. The van der Waals surface area contributed by atoms with Crippen molar-refractivity contribution in [2.24, 2.45) is 0 Å². The van der Waals surface area contributed by atoms with Crippen molar-refractivity contribution in [2.45, 2.75) is 6.42 Å². The highest BCUT2D eigenvalue weighted by Crippen LogP contribution is 2.24. The Morgan fingerprint density at radius 3 is 3.00 bits per heavy atom. The molecule has 0 atom stereocenters. The lowest BCUT2D eigenvalue weighted by atomic mass is 10.0. The van der Waals surface area contributed by atoms with Gasteiger partial charge >= 0.3 is 0 Å². The number of hydrogen-bond acceptors (Lipinski definition) is 3. The molecule has 2 rings (SSSR count). The topological polar surface area (TPSA) is 43.4 Å². The molecule has 0 amide bonds. The molecule has 1 heterocycles. The Labute approximate surface area is 75.3 Å². The minimum absolute atomic E-state index is 0.0463. The summed E-state index contributed by atoms with van der Waals surface area (Å²) in [5.41, 5.74) is 1.04. The molecule has 1 aromatic rings. The molecule has 0 saturated heterocycles. The van der Waals surface area contributed by atoms with Crippen LogP contribution in [-0.2, 0) is 0 Å². The lowest BCUT2D eigenvalue weighted by molar-refractivity contribution is 0.0933. The highest BCUT2D eigenvalue weighted by Gasteiger charge is 2.18. The van der Waals surface area contributed by atoms with E-state index in [2.05, 4.69) is 0 Å². The second-order valence-corrected chi connectivity index (χ2v) is 2.90. The van der Waals surface area contributed by atoms with E-state index in [0.29, 0.717) is 29.9 Å². The second-order valence-electron chi connectivity index (χ2n) is 2.90. The molecular formula is C10H8O3. The summed E-state index contributed by atoms with van der Waals surface area (Å²) in [5.74, 6) is 0.631. The SMILES string of the molecule is O=Cc1ccc2c(c1)C(=O)CCO2. The van der Waals surface area contributed by atoms with Gasteiger partial charge < -0.3 is 4.74 Å². The summed E-state index contributed by atoms with van der Waals surface area (Å²) in [6.45, 7) is 0.437. The van der Waals surface area contributed by atoms with E-state index >= 15 is 0 Å². The molecule has 0 N–H and O–H groups in total. The molecule has 0 unspecified atom stereocenters. The Hall–Kier alpha value is -1.64. The van der Waals surface area contributed by atoms with E-state index in [1.165, 1.54) is 0 Å². The Balaban J connectivity index is 2.53. The van der Waals surface area contributed by atoms with Crippen molar-refractivity contribution in [3.8, 4) is 5.75 Å². The molecule has 1 aliphatic heterocycles. The summed E-state index contributed by atoms with van der Waals surface area (Å²) in [6.07, 6.45) is 1.12. The van der Waals surface area contributed by atoms with Gasteiger partial charge in [0.1, 0.15) is 12.0 Å². The van der Waals surface area contributed by atoms with E-state index in [0.717, 1.165) is 6.29 Å². The Bertz CT molecular complexity index is 368. The molecule has 0 bridgehead atoms.